The highest BCUT2D eigenvalue weighted by atomic mass is 16.2. The molecule has 96 valence electrons. The monoisotopic (exact) mass is 248 g/mol. The summed E-state index contributed by atoms with van der Waals surface area (Å²) in [5.74, 6) is -0.474. The van der Waals surface area contributed by atoms with E-state index >= 15 is 0 Å². The number of rotatable bonds is 4. The highest BCUT2D eigenvalue weighted by Gasteiger charge is 2.21. The van der Waals surface area contributed by atoms with Crippen molar-refractivity contribution < 1.29 is 9.59 Å². The molecular weight excluding hydrogens is 232 g/mol. The van der Waals surface area contributed by atoms with Crippen molar-refractivity contribution in [2.75, 3.05) is 17.6 Å². The third-order valence-electron chi connectivity index (χ3n) is 2.97. The van der Waals surface area contributed by atoms with E-state index < -0.39 is 5.91 Å². The largest absolute Gasteiger partial charge is 0.397 e. The van der Waals surface area contributed by atoms with E-state index in [1.165, 1.54) is 0 Å². The summed E-state index contributed by atoms with van der Waals surface area (Å²) in [5.41, 5.74) is 12.5. The van der Waals surface area contributed by atoms with Crippen molar-refractivity contribution in [3.63, 3.8) is 0 Å². The summed E-state index contributed by atoms with van der Waals surface area (Å²) >= 11 is 0. The molecule has 0 aromatic heterocycles. The van der Waals surface area contributed by atoms with Crippen molar-refractivity contribution in [3.05, 3.63) is 23.8 Å². The molecule has 0 spiro atoms. The number of primary amides is 1. The maximum atomic E-state index is 11.3. The zero-order valence-corrected chi connectivity index (χ0v) is 9.90. The van der Waals surface area contributed by atoms with E-state index in [1.807, 2.05) is 0 Å². The second-order valence-corrected chi connectivity index (χ2v) is 4.32. The smallest absolute Gasteiger partial charge is 0.250 e. The predicted molar refractivity (Wildman–Crippen MR) is 69.0 cm³/mol. The minimum Gasteiger partial charge on any atom is -0.397 e. The first-order valence-corrected chi connectivity index (χ1v) is 5.79. The van der Waals surface area contributed by atoms with Gasteiger partial charge in [-0.2, -0.15) is 0 Å². The van der Waals surface area contributed by atoms with Crippen molar-refractivity contribution in [1.82, 2.24) is 5.32 Å². The van der Waals surface area contributed by atoms with Gasteiger partial charge in [0.05, 0.1) is 16.9 Å². The van der Waals surface area contributed by atoms with Crippen LogP contribution in [0.25, 0.3) is 0 Å². The molecule has 18 heavy (non-hydrogen) atoms. The Morgan fingerprint density at radius 2 is 2.28 bits per heavy atom. The quantitative estimate of drug-likeness (QED) is 0.564. The van der Waals surface area contributed by atoms with Gasteiger partial charge in [0.1, 0.15) is 0 Å². The second kappa shape index (κ2) is 4.95. The first kappa shape index (κ1) is 12.2. The van der Waals surface area contributed by atoms with Gasteiger partial charge in [-0.3, -0.25) is 9.59 Å². The molecule has 1 saturated heterocycles. The summed E-state index contributed by atoms with van der Waals surface area (Å²) in [5, 5.41) is 5.92. The summed E-state index contributed by atoms with van der Waals surface area (Å²) < 4.78 is 0. The highest BCUT2D eigenvalue weighted by Crippen LogP contribution is 2.23. The van der Waals surface area contributed by atoms with Crippen LogP contribution in [0.15, 0.2) is 18.2 Å². The van der Waals surface area contributed by atoms with Crippen LogP contribution in [-0.2, 0) is 4.79 Å². The average Bonchev–Trinajstić information content (AvgIpc) is 2.73. The molecular formula is C12H16N4O2. The van der Waals surface area contributed by atoms with Crippen LogP contribution in [0, 0.1) is 0 Å². The van der Waals surface area contributed by atoms with Crippen LogP contribution in [0.4, 0.5) is 11.4 Å². The van der Waals surface area contributed by atoms with Crippen molar-refractivity contribution in [2.24, 2.45) is 5.73 Å². The van der Waals surface area contributed by atoms with Crippen LogP contribution in [0.2, 0.25) is 0 Å². The molecule has 1 atom stereocenters. The molecule has 0 radical (unpaired) electrons. The van der Waals surface area contributed by atoms with Crippen molar-refractivity contribution >= 4 is 23.2 Å². The molecule has 0 aliphatic carbocycles. The number of carbonyl (C=O) groups excluding carboxylic acids is 2. The number of amides is 2. The first-order valence-electron chi connectivity index (χ1n) is 5.79. The van der Waals surface area contributed by atoms with Gasteiger partial charge in [-0.25, -0.2) is 0 Å². The van der Waals surface area contributed by atoms with E-state index in [4.69, 9.17) is 11.5 Å². The molecule has 1 aromatic carbocycles. The normalized spacial score (nSPS) is 18.4. The Hall–Kier alpha value is -2.24. The number of nitrogen functional groups attached to an aromatic ring is 1. The Morgan fingerprint density at radius 1 is 1.50 bits per heavy atom. The average molecular weight is 248 g/mol. The number of hydrogen-bond acceptors (Lipinski definition) is 4. The van der Waals surface area contributed by atoms with Gasteiger partial charge >= 0.3 is 0 Å². The van der Waals surface area contributed by atoms with Gasteiger partial charge in [0.2, 0.25) is 5.91 Å². The molecule has 1 aromatic rings. The number of anilines is 2. The van der Waals surface area contributed by atoms with Gasteiger partial charge in [0, 0.05) is 19.0 Å². The van der Waals surface area contributed by atoms with Gasteiger partial charge in [-0.15, -0.1) is 0 Å². The molecule has 1 fully saturated rings. The Morgan fingerprint density at radius 3 is 2.89 bits per heavy atom. The van der Waals surface area contributed by atoms with Crippen molar-refractivity contribution in [1.29, 1.82) is 0 Å². The zero-order valence-electron chi connectivity index (χ0n) is 9.90. The SMILES string of the molecule is NC(=O)c1cccc(N)c1NCC1CCC(=O)N1. The van der Waals surface area contributed by atoms with Crippen LogP contribution < -0.4 is 22.1 Å². The number of nitrogens with one attached hydrogen (secondary N) is 2. The summed E-state index contributed by atoms with van der Waals surface area (Å²) in [6, 6.07) is 5.06. The molecule has 1 heterocycles. The van der Waals surface area contributed by atoms with Gasteiger partial charge in [-0.1, -0.05) is 6.07 Å². The van der Waals surface area contributed by atoms with E-state index in [0.717, 1.165) is 6.42 Å². The summed E-state index contributed by atoms with van der Waals surface area (Å²) in [4.78, 5) is 22.3. The Labute approximate surface area is 105 Å². The zero-order chi connectivity index (χ0) is 13.1. The number of nitrogens with two attached hydrogens (primary N) is 2. The summed E-state index contributed by atoms with van der Waals surface area (Å²) in [6.07, 6.45) is 1.32. The molecule has 6 heteroatoms. The lowest BCUT2D eigenvalue weighted by molar-refractivity contribution is -0.119. The number of carbonyl (C=O) groups is 2. The van der Waals surface area contributed by atoms with Crippen LogP contribution >= 0.6 is 0 Å². The molecule has 6 nitrogen and oxygen atoms in total. The van der Waals surface area contributed by atoms with Crippen molar-refractivity contribution in [3.8, 4) is 0 Å². The first-order chi connectivity index (χ1) is 8.58. The Bertz CT molecular complexity index is 487. The van der Waals surface area contributed by atoms with E-state index in [9.17, 15) is 9.59 Å². The number of hydrogen-bond donors (Lipinski definition) is 4. The third-order valence-corrected chi connectivity index (χ3v) is 2.97. The maximum absolute atomic E-state index is 11.3. The Kier molecular flexibility index (Phi) is 3.36. The van der Waals surface area contributed by atoms with E-state index in [0.29, 0.717) is 29.9 Å². The molecule has 0 saturated carbocycles. The molecule has 2 amide bonds. The minimum atomic E-state index is -0.528. The topological polar surface area (TPSA) is 110 Å². The van der Waals surface area contributed by atoms with Gasteiger partial charge < -0.3 is 22.1 Å². The van der Waals surface area contributed by atoms with Crippen LogP contribution in [0.3, 0.4) is 0 Å². The van der Waals surface area contributed by atoms with Crippen LogP contribution in [-0.4, -0.2) is 24.4 Å². The maximum Gasteiger partial charge on any atom is 0.250 e. The Balaban J connectivity index is 2.08. The fraction of sp³-hybridized carbons (Fsp3) is 0.333. The second-order valence-electron chi connectivity index (χ2n) is 4.32. The molecule has 1 aliphatic heterocycles. The number of para-hydroxylation sites is 1. The highest BCUT2D eigenvalue weighted by molar-refractivity contribution is 6.01. The van der Waals surface area contributed by atoms with Gasteiger partial charge in [0.25, 0.3) is 5.91 Å². The van der Waals surface area contributed by atoms with E-state index in [-0.39, 0.29) is 11.9 Å². The molecule has 0 bridgehead atoms. The summed E-state index contributed by atoms with van der Waals surface area (Å²) in [7, 11) is 0. The lowest BCUT2D eigenvalue weighted by atomic mass is 10.1. The molecule has 1 aliphatic rings. The standard InChI is InChI=1S/C12H16N4O2/c13-9-3-1-2-8(12(14)18)11(9)15-6-7-4-5-10(17)16-7/h1-3,7,15H,4-6,13H2,(H2,14,18)(H,16,17). The summed E-state index contributed by atoms with van der Waals surface area (Å²) in [6.45, 7) is 0.528. The fourth-order valence-electron chi connectivity index (χ4n) is 2.03. The lowest BCUT2D eigenvalue weighted by Crippen LogP contribution is -2.32. The fourth-order valence-corrected chi connectivity index (χ4v) is 2.03. The van der Waals surface area contributed by atoms with Crippen molar-refractivity contribution in [2.45, 2.75) is 18.9 Å². The number of benzene rings is 1. The van der Waals surface area contributed by atoms with E-state index in [1.54, 1.807) is 18.2 Å². The van der Waals surface area contributed by atoms with Crippen LogP contribution in [0.5, 0.6) is 0 Å². The lowest BCUT2D eigenvalue weighted by Gasteiger charge is -2.16. The minimum absolute atomic E-state index is 0.0537. The van der Waals surface area contributed by atoms with E-state index in [2.05, 4.69) is 10.6 Å². The van der Waals surface area contributed by atoms with Gasteiger partial charge in [-0.05, 0) is 18.6 Å². The molecule has 2 rings (SSSR count). The molecule has 6 N–H and O–H groups in total. The van der Waals surface area contributed by atoms with Crippen LogP contribution in [0.1, 0.15) is 23.2 Å². The van der Waals surface area contributed by atoms with Gasteiger partial charge in [0.15, 0.2) is 0 Å². The molecule has 1 unspecified atom stereocenters. The predicted octanol–water partition coefficient (Wildman–Crippen LogP) is 0.0582. The third kappa shape index (κ3) is 2.53.